The lowest BCUT2D eigenvalue weighted by atomic mass is 10.1. The van der Waals surface area contributed by atoms with Crippen LogP contribution in [-0.2, 0) is 4.79 Å². The first-order chi connectivity index (χ1) is 25.8. The van der Waals surface area contributed by atoms with Crippen molar-refractivity contribution in [3.8, 4) is 0 Å². The second-order valence-electron chi connectivity index (χ2n) is 12.2. The van der Waals surface area contributed by atoms with E-state index in [1.807, 2.05) is 0 Å². The van der Waals surface area contributed by atoms with E-state index >= 15 is 0 Å². The Hall–Kier alpha value is -6.69. The molecule has 5 N–H and O–H groups in total. The number of allylic oxidation sites excluding steroid dienone is 3. The van der Waals surface area contributed by atoms with E-state index < -0.39 is 40.2 Å². The summed E-state index contributed by atoms with van der Waals surface area (Å²) in [5.74, 6) is -2.40. The summed E-state index contributed by atoms with van der Waals surface area (Å²) in [6.07, 6.45) is 5.87. The van der Waals surface area contributed by atoms with Crippen LogP contribution in [0.15, 0.2) is 105 Å². The van der Waals surface area contributed by atoms with E-state index in [-0.39, 0.29) is 94.7 Å². The molecule has 0 aliphatic carbocycles. The molecule has 1 aliphatic heterocycles. The molecule has 3 amide bonds. The number of hydrogen-bond acceptors (Lipinski definition) is 12. The quantitative estimate of drug-likeness (QED) is 0.0707. The molecule has 0 radical (unpaired) electrons. The van der Waals surface area contributed by atoms with E-state index in [0.717, 1.165) is 18.2 Å². The third-order valence-corrected chi connectivity index (χ3v) is 8.44. The Morgan fingerprint density at radius 1 is 0.630 bits per heavy atom. The average Bonchev–Trinajstić information content (AvgIpc) is 3.15. The molecule has 4 rings (SSSR count). The maximum absolute atomic E-state index is 13.5. The molecule has 0 fully saturated rings. The number of ketones is 1. The molecule has 0 aromatic carbocycles. The van der Waals surface area contributed by atoms with Crippen molar-refractivity contribution in [2.24, 2.45) is 0 Å². The number of hydroxylamine groups is 2. The normalized spacial score (nSPS) is 12.3. The first-order valence-electron chi connectivity index (χ1n) is 17.0. The third-order valence-electron chi connectivity index (χ3n) is 8.44. The van der Waals surface area contributed by atoms with Gasteiger partial charge in [0.2, 0.25) is 0 Å². The zero-order chi connectivity index (χ0) is 39.4. The molecule has 0 spiro atoms. The van der Waals surface area contributed by atoms with Gasteiger partial charge in [-0.2, -0.15) is 0 Å². The van der Waals surface area contributed by atoms with E-state index in [9.17, 15) is 54.4 Å². The van der Waals surface area contributed by atoms with Crippen molar-refractivity contribution < 1.29 is 40.0 Å². The molecular formula is C36H41N7O11. The lowest BCUT2D eigenvalue weighted by Gasteiger charge is -2.26. The highest BCUT2D eigenvalue weighted by atomic mass is 16.5. The number of carbonyl (C=O) groups excluding carboxylic acids is 4. The molecule has 54 heavy (non-hydrogen) atoms. The third kappa shape index (κ3) is 10.0. The molecule has 18 nitrogen and oxygen atoms in total. The van der Waals surface area contributed by atoms with Crippen molar-refractivity contribution >= 4 is 23.5 Å². The van der Waals surface area contributed by atoms with Crippen LogP contribution in [0.3, 0.4) is 0 Å². The van der Waals surface area contributed by atoms with Gasteiger partial charge in [0.05, 0.1) is 5.70 Å². The summed E-state index contributed by atoms with van der Waals surface area (Å²) in [6.45, 7) is 4.11. The Balaban J connectivity index is 1.40. The summed E-state index contributed by atoms with van der Waals surface area (Å²) in [4.78, 5) is 90.8. The minimum atomic E-state index is -0.815. The van der Waals surface area contributed by atoms with Crippen LogP contribution >= 0.6 is 0 Å². The lowest BCUT2D eigenvalue weighted by Crippen LogP contribution is -2.39. The van der Waals surface area contributed by atoms with Crippen LogP contribution in [0.5, 0.6) is 0 Å². The number of carbonyl (C=O) groups is 4. The minimum Gasteiger partial charge on any atom is -0.425 e. The summed E-state index contributed by atoms with van der Waals surface area (Å²) < 4.78 is 0.738. The van der Waals surface area contributed by atoms with Crippen molar-refractivity contribution in [1.82, 2.24) is 34.4 Å². The van der Waals surface area contributed by atoms with Gasteiger partial charge >= 0.3 is 0 Å². The lowest BCUT2D eigenvalue weighted by molar-refractivity contribution is -0.123. The van der Waals surface area contributed by atoms with Gasteiger partial charge in [0.25, 0.3) is 34.4 Å². The number of Topliss-reactive ketones (excluding diaryl/α,β-unsaturated/α-hetero) is 1. The molecule has 3 aromatic heterocycles. The second-order valence-corrected chi connectivity index (χ2v) is 12.2. The molecule has 3 aromatic rings. The van der Waals surface area contributed by atoms with Gasteiger partial charge in [0, 0.05) is 57.3 Å². The number of rotatable bonds is 18. The van der Waals surface area contributed by atoms with Crippen LogP contribution in [0.1, 0.15) is 70.0 Å². The van der Waals surface area contributed by atoms with Gasteiger partial charge in [0.1, 0.15) is 22.8 Å². The van der Waals surface area contributed by atoms with Crippen molar-refractivity contribution in [1.29, 1.82) is 0 Å². The Labute approximate surface area is 307 Å². The van der Waals surface area contributed by atoms with E-state index in [1.54, 1.807) is 6.08 Å². The smallest absolute Gasteiger partial charge is 0.283 e. The maximum Gasteiger partial charge on any atom is 0.283 e. The Morgan fingerprint density at radius 3 is 1.59 bits per heavy atom. The summed E-state index contributed by atoms with van der Waals surface area (Å²) in [5, 5.41) is 43.8. The largest absolute Gasteiger partial charge is 0.425 e. The highest BCUT2D eigenvalue weighted by Gasteiger charge is 2.23. The van der Waals surface area contributed by atoms with Crippen molar-refractivity contribution in [3.05, 3.63) is 139 Å². The van der Waals surface area contributed by atoms with Crippen LogP contribution in [0.4, 0.5) is 0 Å². The summed E-state index contributed by atoms with van der Waals surface area (Å²) in [6, 6.07) is 11.1. The van der Waals surface area contributed by atoms with Gasteiger partial charge in [0.15, 0.2) is 5.78 Å². The highest BCUT2D eigenvalue weighted by Crippen LogP contribution is 2.15. The number of unbranched alkanes of at least 4 members (excludes halogenated alkanes) is 2. The number of nitrogens with one attached hydrogen (secondary N) is 1. The predicted octanol–water partition coefficient (Wildman–Crippen LogP) is 1.47. The summed E-state index contributed by atoms with van der Waals surface area (Å²) in [7, 11) is 0. The molecule has 0 saturated heterocycles. The van der Waals surface area contributed by atoms with Gasteiger partial charge < -0.3 is 30.7 Å². The van der Waals surface area contributed by atoms with E-state index in [0.29, 0.717) is 24.3 Å². The summed E-state index contributed by atoms with van der Waals surface area (Å²) in [5.41, 5.74) is -2.98. The zero-order valence-electron chi connectivity index (χ0n) is 29.2. The van der Waals surface area contributed by atoms with Gasteiger partial charge in [-0.15, -0.1) is 14.2 Å². The summed E-state index contributed by atoms with van der Waals surface area (Å²) >= 11 is 0. The molecule has 0 atom stereocenters. The van der Waals surface area contributed by atoms with Crippen LogP contribution < -0.4 is 22.0 Å². The van der Waals surface area contributed by atoms with Crippen molar-refractivity contribution in [2.75, 3.05) is 32.7 Å². The van der Waals surface area contributed by atoms with Gasteiger partial charge in [-0.3, -0.25) is 38.8 Å². The van der Waals surface area contributed by atoms with Gasteiger partial charge in [-0.25, -0.2) is 5.06 Å². The monoisotopic (exact) mass is 747 g/mol. The van der Waals surface area contributed by atoms with Crippen LogP contribution in [0.2, 0.25) is 0 Å². The molecular weight excluding hydrogens is 706 g/mol. The molecule has 0 bridgehead atoms. The molecule has 0 unspecified atom stereocenters. The van der Waals surface area contributed by atoms with Crippen molar-refractivity contribution in [3.63, 3.8) is 0 Å². The van der Waals surface area contributed by atoms with Crippen molar-refractivity contribution in [2.45, 2.75) is 38.5 Å². The van der Waals surface area contributed by atoms with Crippen LogP contribution in [0.25, 0.3) is 0 Å². The number of nitrogens with zero attached hydrogens (tertiary/aromatic N) is 6. The molecule has 0 saturated carbocycles. The Morgan fingerprint density at radius 2 is 1.07 bits per heavy atom. The number of pyridine rings is 3. The first-order valence-corrected chi connectivity index (χ1v) is 17.0. The number of hydrogen-bond donors (Lipinski definition) is 5. The Bertz CT molecular complexity index is 2130. The fourth-order valence-corrected chi connectivity index (χ4v) is 5.54. The van der Waals surface area contributed by atoms with Crippen LogP contribution in [0, 0.1) is 0 Å². The SMILES string of the molecule is C=C1C=CC=C(C(=O)NCCCN(CCCCN(CCCCC(=O)c2cccc(=O)n2O)C(=O)c2cccc(=O)n2O)C(=O)c2cccc(=O)n2O)N1O. The number of amides is 3. The predicted molar refractivity (Wildman–Crippen MR) is 190 cm³/mol. The molecule has 286 valence electrons. The van der Waals surface area contributed by atoms with E-state index in [4.69, 9.17) is 0 Å². The fourth-order valence-electron chi connectivity index (χ4n) is 5.54. The first kappa shape index (κ1) is 40.1. The second kappa shape index (κ2) is 18.7. The van der Waals surface area contributed by atoms with Crippen LogP contribution in [-0.4, -0.2) is 106 Å². The molecule has 4 heterocycles. The van der Waals surface area contributed by atoms with Gasteiger partial charge in [-0.05, 0) is 62.5 Å². The fraction of sp³-hybridized carbons (Fsp3) is 0.306. The Kier molecular flexibility index (Phi) is 13.9. The standard InChI is InChI=1S/C36H41N7O11/c1-25-11-6-13-27(40(25)51)34(48)37-20-10-24-39(36(50)29-15-9-19-33(47)43(29)54)23-5-4-22-38(35(49)28-14-8-18-32(46)42(28)53)21-3-2-16-30(44)26-12-7-17-31(45)41(26)52/h6-9,11-15,17-19,51-54H,1-5,10,16,20-24H2,(H,37,48). The average molecular weight is 748 g/mol. The van der Waals surface area contributed by atoms with E-state index in [1.165, 1.54) is 58.4 Å². The maximum atomic E-state index is 13.5. The topological polar surface area (TPSA) is 237 Å². The van der Waals surface area contributed by atoms with Gasteiger partial charge in [-0.1, -0.05) is 30.9 Å². The number of aromatic nitrogens is 3. The zero-order valence-corrected chi connectivity index (χ0v) is 29.2. The highest BCUT2D eigenvalue weighted by molar-refractivity contribution is 5.95. The molecule has 1 aliphatic rings. The molecule has 18 heteroatoms. The van der Waals surface area contributed by atoms with E-state index in [2.05, 4.69) is 11.9 Å². The minimum absolute atomic E-state index is 0.0444.